The Balaban J connectivity index is 1.42. The van der Waals surface area contributed by atoms with Gasteiger partial charge in [-0.05, 0) is 108 Å². The zero-order valence-electron chi connectivity index (χ0n) is 20.6. The fourth-order valence-corrected chi connectivity index (χ4v) is 5.08. The average molecular weight is 470 g/mol. The van der Waals surface area contributed by atoms with Crippen molar-refractivity contribution in [3.63, 3.8) is 0 Å². The number of hydrogen-bond acceptors (Lipinski definition) is 6. The van der Waals surface area contributed by atoms with E-state index < -0.39 is 11.7 Å². The van der Waals surface area contributed by atoms with E-state index in [1.54, 1.807) is 0 Å². The van der Waals surface area contributed by atoms with Gasteiger partial charge >= 0.3 is 17.7 Å². The molecule has 1 fully saturated rings. The number of fused-ring (bicyclic) bond motifs is 3. The third-order valence-electron chi connectivity index (χ3n) is 6.75. The van der Waals surface area contributed by atoms with E-state index in [0.29, 0.717) is 30.2 Å². The fraction of sp³-hybridized carbons (Fsp3) is 0.593. The number of carbonyl (C=O) groups excluding carboxylic acids is 2. The highest BCUT2D eigenvalue weighted by Crippen LogP contribution is 2.36. The molecule has 0 saturated heterocycles. The standard InChI is InChI=1S/C27H35NO6/c1-16-13-21(23-19-7-5-6-8-20(19)25(30)33-22(23)14-16)32-24(29)18-11-9-17(10-12-18)15-28-26(31)34-27(2,3)4/h13-14,17-18H,5-12,15H2,1-4H3,(H,28,31). The Morgan fingerprint density at radius 3 is 2.41 bits per heavy atom. The maximum atomic E-state index is 13.1. The summed E-state index contributed by atoms with van der Waals surface area (Å²) in [6.07, 6.45) is 6.19. The molecule has 2 aromatic rings. The predicted octanol–water partition coefficient (Wildman–Crippen LogP) is 5.22. The quantitative estimate of drug-likeness (QED) is 0.375. The monoisotopic (exact) mass is 469 g/mol. The highest BCUT2D eigenvalue weighted by molar-refractivity contribution is 5.91. The van der Waals surface area contributed by atoms with Crippen LogP contribution < -0.4 is 15.7 Å². The molecule has 1 amide bonds. The number of hydrogen-bond donors (Lipinski definition) is 1. The van der Waals surface area contributed by atoms with Gasteiger partial charge in [0.25, 0.3) is 0 Å². The van der Waals surface area contributed by atoms with Gasteiger partial charge in [-0.25, -0.2) is 9.59 Å². The number of nitrogens with one attached hydrogen (secondary N) is 1. The zero-order chi connectivity index (χ0) is 24.5. The van der Waals surface area contributed by atoms with Crippen molar-refractivity contribution in [2.75, 3.05) is 6.54 Å². The van der Waals surface area contributed by atoms with Crippen molar-refractivity contribution in [3.8, 4) is 5.75 Å². The van der Waals surface area contributed by atoms with Crippen molar-refractivity contribution < 1.29 is 23.5 Å². The summed E-state index contributed by atoms with van der Waals surface area (Å²) in [7, 11) is 0. The maximum Gasteiger partial charge on any atom is 0.407 e. The predicted molar refractivity (Wildman–Crippen MR) is 129 cm³/mol. The zero-order valence-corrected chi connectivity index (χ0v) is 20.6. The van der Waals surface area contributed by atoms with E-state index in [0.717, 1.165) is 67.0 Å². The van der Waals surface area contributed by atoms with E-state index in [2.05, 4.69) is 5.32 Å². The van der Waals surface area contributed by atoms with E-state index in [1.807, 2.05) is 39.8 Å². The van der Waals surface area contributed by atoms with Crippen LogP contribution >= 0.6 is 0 Å². The second kappa shape index (κ2) is 9.80. The van der Waals surface area contributed by atoms with Crippen molar-refractivity contribution in [3.05, 3.63) is 39.2 Å². The van der Waals surface area contributed by atoms with E-state index in [4.69, 9.17) is 13.9 Å². The summed E-state index contributed by atoms with van der Waals surface area (Å²) < 4.78 is 16.9. The van der Waals surface area contributed by atoms with Crippen molar-refractivity contribution >= 4 is 23.0 Å². The van der Waals surface area contributed by atoms with Gasteiger partial charge < -0.3 is 19.2 Å². The van der Waals surface area contributed by atoms with Gasteiger partial charge in [0.2, 0.25) is 0 Å². The largest absolute Gasteiger partial charge is 0.444 e. The highest BCUT2D eigenvalue weighted by atomic mass is 16.6. The molecule has 184 valence electrons. The molecule has 2 aliphatic rings. The van der Waals surface area contributed by atoms with Crippen LogP contribution in [0.25, 0.3) is 11.0 Å². The first-order chi connectivity index (χ1) is 16.1. The summed E-state index contributed by atoms with van der Waals surface area (Å²) in [5.74, 6) is 0.398. The van der Waals surface area contributed by atoms with Gasteiger partial charge in [0, 0.05) is 12.1 Å². The molecule has 4 rings (SSSR count). The molecule has 7 heteroatoms. The van der Waals surface area contributed by atoms with Gasteiger partial charge in [-0.2, -0.15) is 0 Å². The third kappa shape index (κ3) is 5.62. The Labute approximate surface area is 200 Å². The lowest BCUT2D eigenvalue weighted by Crippen LogP contribution is -2.36. The van der Waals surface area contributed by atoms with E-state index in [-0.39, 0.29) is 17.5 Å². The van der Waals surface area contributed by atoms with Crippen molar-refractivity contribution in [1.82, 2.24) is 5.32 Å². The minimum Gasteiger partial charge on any atom is -0.444 e. The third-order valence-corrected chi connectivity index (χ3v) is 6.75. The number of esters is 1. The van der Waals surface area contributed by atoms with Crippen LogP contribution in [0.5, 0.6) is 5.75 Å². The number of alkyl carbamates (subject to hydrolysis) is 1. The van der Waals surface area contributed by atoms with Gasteiger partial charge in [-0.15, -0.1) is 0 Å². The first kappa shape index (κ1) is 24.3. The lowest BCUT2D eigenvalue weighted by atomic mass is 9.82. The molecule has 0 atom stereocenters. The van der Waals surface area contributed by atoms with Gasteiger partial charge in [0.1, 0.15) is 16.9 Å². The average Bonchev–Trinajstić information content (AvgIpc) is 2.76. The normalized spacial score (nSPS) is 20.5. The molecule has 1 heterocycles. The molecule has 0 aliphatic heterocycles. The summed E-state index contributed by atoms with van der Waals surface area (Å²) in [5.41, 5.74) is 2.27. The number of benzene rings is 1. The topological polar surface area (TPSA) is 94.8 Å². The first-order valence-corrected chi connectivity index (χ1v) is 12.4. The second-order valence-electron chi connectivity index (χ2n) is 10.7. The lowest BCUT2D eigenvalue weighted by molar-refractivity contribution is -0.140. The van der Waals surface area contributed by atoms with E-state index in [1.165, 1.54) is 0 Å². The number of rotatable bonds is 4. The summed E-state index contributed by atoms with van der Waals surface area (Å²) in [6.45, 7) is 7.96. The van der Waals surface area contributed by atoms with Crippen LogP contribution in [0.1, 0.15) is 76.0 Å². The van der Waals surface area contributed by atoms with Crippen molar-refractivity contribution in [2.24, 2.45) is 11.8 Å². The molecular formula is C27H35NO6. The SMILES string of the molecule is Cc1cc(OC(=O)C2CCC(CNC(=O)OC(C)(C)C)CC2)c2c3c(c(=O)oc2c1)CCCC3. The van der Waals surface area contributed by atoms with Crippen LogP contribution in [0.3, 0.4) is 0 Å². The fourth-order valence-electron chi connectivity index (χ4n) is 5.08. The van der Waals surface area contributed by atoms with Gasteiger partial charge in [-0.3, -0.25) is 4.79 Å². The second-order valence-corrected chi connectivity index (χ2v) is 10.7. The number of aryl methyl sites for hydroxylation is 2. The van der Waals surface area contributed by atoms with E-state index >= 15 is 0 Å². The lowest BCUT2D eigenvalue weighted by Gasteiger charge is -2.28. The summed E-state index contributed by atoms with van der Waals surface area (Å²) in [6, 6.07) is 3.71. The molecule has 7 nitrogen and oxygen atoms in total. The molecule has 0 unspecified atom stereocenters. The van der Waals surface area contributed by atoms with Crippen LogP contribution in [0, 0.1) is 18.8 Å². The van der Waals surface area contributed by atoms with Crippen molar-refractivity contribution in [2.45, 2.75) is 84.7 Å². The first-order valence-electron chi connectivity index (χ1n) is 12.4. The maximum absolute atomic E-state index is 13.1. The van der Waals surface area contributed by atoms with Crippen LogP contribution in [0.2, 0.25) is 0 Å². The molecule has 0 bridgehead atoms. The van der Waals surface area contributed by atoms with Gasteiger partial charge in [0.15, 0.2) is 0 Å². The molecule has 1 aromatic carbocycles. The molecule has 2 aliphatic carbocycles. The Hall–Kier alpha value is -2.83. The Bertz CT molecular complexity index is 1130. The number of amides is 1. The number of carbonyl (C=O) groups is 2. The molecule has 1 aromatic heterocycles. The minimum absolute atomic E-state index is 0.181. The van der Waals surface area contributed by atoms with Crippen molar-refractivity contribution in [1.29, 1.82) is 0 Å². The van der Waals surface area contributed by atoms with E-state index in [9.17, 15) is 14.4 Å². The van der Waals surface area contributed by atoms with Crippen LogP contribution in [-0.4, -0.2) is 24.2 Å². The Kier molecular flexibility index (Phi) is 7.01. The molecule has 0 spiro atoms. The Morgan fingerprint density at radius 1 is 1.06 bits per heavy atom. The Morgan fingerprint density at radius 2 is 1.74 bits per heavy atom. The van der Waals surface area contributed by atoms with Crippen LogP contribution in [0.15, 0.2) is 21.3 Å². The number of ether oxygens (including phenoxy) is 2. The van der Waals surface area contributed by atoms with Crippen LogP contribution in [-0.2, 0) is 22.4 Å². The van der Waals surface area contributed by atoms with Gasteiger partial charge in [0.05, 0.1) is 11.3 Å². The van der Waals surface area contributed by atoms with Crippen LogP contribution in [0.4, 0.5) is 4.79 Å². The summed E-state index contributed by atoms with van der Waals surface area (Å²) in [5, 5.41) is 3.61. The molecule has 1 saturated carbocycles. The smallest absolute Gasteiger partial charge is 0.407 e. The summed E-state index contributed by atoms with van der Waals surface area (Å²) in [4.78, 5) is 37.4. The highest BCUT2D eigenvalue weighted by Gasteiger charge is 2.30. The summed E-state index contributed by atoms with van der Waals surface area (Å²) >= 11 is 0. The molecular weight excluding hydrogens is 434 g/mol. The molecule has 1 N–H and O–H groups in total. The molecule has 0 radical (unpaired) electrons. The van der Waals surface area contributed by atoms with Gasteiger partial charge in [-0.1, -0.05) is 0 Å². The minimum atomic E-state index is -0.521. The molecule has 34 heavy (non-hydrogen) atoms.